The van der Waals surface area contributed by atoms with Gasteiger partial charge in [0.1, 0.15) is 5.84 Å². The molecule has 1 unspecified atom stereocenters. The third-order valence-electron chi connectivity index (χ3n) is 7.24. The molecular weight excluding hydrogens is 372 g/mol. The van der Waals surface area contributed by atoms with Crippen LogP contribution in [0.2, 0.25) is 0 Å². The number of aromatic nitrogens is 1. The number of amidine groups is 1. The molecule has 162 valence electrons. The summed E-state index contributed by atoms with van der Waals surface area (Å²) in [5.74, 6) is 1.12. The Morgan fingerprint density at radius 1 is 1.13 bits per heavy atom. The van der Waals surface area contributed by atoms with Crippen LogP contribution >= 0.6 is 0 Å². The van der Waals surface area contributed by atoms with Gasteiger partial charge in [0.05, 0.1) is 0 Å². The van der Waals surface area contributed by atoms with Crippen LogP contribution in [0.5, 0.6) is 0 Å². The fourth-order valence-corrected chi connectivity index (χ4v) is 5.59. The number of nitrogens with one attached hydrogen (secondary N) is 1. The zero-order chi connectivity index (χ0) is 21.1. The van der Waals surface area contributed by atoms with Gasteiger partial charge in [-0.3, -0.25) is 10.2 Å². The van der Waals surface area contributed by atoms with E-state index < -0.39 is 0 Å². The normalized spacial score (nSPS) is 20.2. The van der Waals surface area contributed by atoms with Crippen LogP contribution < -0.4 is 5.73 Å². The number of nitrogens with zero attached hydrogens (tertiary/aromatic N) is 2. The lowest BCUT2D eigenvalue weighted by Gasteiger charge is -2.28. The highest BCUT2D eigenvalue weighted by atomic mass is 16.2. The molecule has 2 fully saturated rings. The maximum Gasteiger partial charge on any atom is 0.223 e. The quantitative estimate of drug-likeness (QED) is 0.508. The summed E-state index contributed by atoms with van der Waals surface area (Å²) in [4.78, 5) is 15.2. The number of likely N-dealkylation sites (tertiary alicyclic amines) is 1. The Bertz CT molecular complexity index is 909. The standard InChI is InChI=1S/C25H36N4O/c1-2-28-22(16-19-10-11-20(25(26)27)17-23(19)28)13-12-21-9-6-14-29(21)24(30)15-18-7-4-3-5-8-18/h10-11,16-18,21H,2-9,12-15H2,1H3,(H3,26,27). The highest BCUT2D eigenvalue weighted by Gasteiger charge is 2.30. The number of carbonyl (C=O) groups excluding carboxylic acids is 1. The van der Waals surface area contributed by atoms with Crippen LogP contribution in [0.4, 0.5) is 0 Å². The van der Waals surface area contributed by atoms with E-state index in [2.05, 4.69) is 28.5 Å². The number of hydrogen-bond acceptors (Lipinski definition) is 2. The van der Waals surface area contributed by atoms with Gasteiger partial charge in [0.2, 0.25) is 5.91 Å². The van der Waals surface area contributed by atoms with E-state index in [1.54, 1.807) is 0 Å². The third kappa shape index (κ3) is 4.40. The number of nitrogens with two attached hydrogens (primary N) is 1. The monoisotopic (exact) mass is 408 g/mol. The molecule has 2 aromatic rings. The summed E-state index contributed by atoms with van der Waals surface area (Å²) >= 11 is 0. The zero-order valence-electron chi connectivity index (χ0n) is 18.3. The lowest BCUT2D eigenvalue weighted by Crippen LogP contribution is -2.37. The van der Waals surface area contributed by atoms with Crippen LogP contribution in [0.15, 0.2) is 24.3 Å². The maximum absolute atomic E-state index is 13.0. The molecule has 5 nitrogen and oxygen atoms in total. The van der Waals surface area contributed by atoms with Gasteiger partial charge >= 0.3 is 0 Å². The predicted octanol–water partition coefficient (Wildman–Crippen LogP) is 4.84. The third-order valence-corrected chi connectivity index (χ3v) is 7.24. The summed E-state index contributed by atoms with van der Waals surface area (Å²) in [6, 6.07) is 8.68. The largest absolute Gasteiger partial charge is 0.384 e. The van der Waals surface area contributed by atoms with Gasteiger partial charge in [-0.05, 0) is 68.9 Å². The molecule has 1 aromatic carbocycles. The maximum atomic E-state index is 13.0. The fourth-order valence-electron chi connectivity index (χ4n) is 5.59. The number of aryl methyl sites for hydroxylation is 2. The van der Waals surface area contributed by atoms with Crippen LogP contribution in [0.3, 0.4) is 0 Å². The number of rotatable bonds is 7. The SMILES string of the molecule is CCn1c(CCC2CCCN2C(=O)CC2CCCCC2)cc2ccc(C(=N)N)cc21. The molecule has 0 bridgehead atoms. The summed E-state index contributed by atoms with van der Waals surface area (Å²) in [6.45, 7) is 4.00. The van der Waals surface area contributed by atoms with Crippen LogP contribution in [0.1, 0.15) is 76.0 Å². The van der Waals surface area contributed by atoms with Gasteiger partial charge in [-0.2, -0.15) is 0 Å². The minimum absolute atomic E-state index is 0.111. The minimum Gasteiger partial charge on any atom is -0.384 e. The molecule has 1 saturated carbocycles. The Labute approximate surface area is 180 Å². The van der Waals surface area contributed by atoms with Crippen LogP contribution in [-0.2, 0) is 17.8 Å². The van der Waals surface area contributed by atoms with E-state index in [0.717, 1.165) is 56.3 Å². The number of nitrogen functional groups attached to an aromatic ring is 1. The highest BCUT2D eigenvalue weighted by Crippen LogP contribution is 2.30. The summed E-state index contributed by atoms with van der Waals surface area (Å²) in [5.41, 5.74) is 8.94. The Balaban J connectivity index is 1.43. The Hall–Kier alpha value is -2.30. The molecule has 3 N–H and O–H groups in total. The number of hydrogen-bond donors (Lipinski definition) is 2. The first kappa shape index (κ1) is 21.0. The van der Waals surface area contributed by atoms with Crippen molar-refractivity contribution in [3.05, 3.63) is 35.5 Å². The van der Waals surface area contributed by atoms with Crippen molar-refractivity contribution in [3.63, 3.8) is 0 Å². The van der Waals surface area contributed by atoms with E-state index in [9.17, 15) is 4.79 Å². The second-order valence-electron chi connectivity index (χ2n) is 9.20. The predicted molar refractivity (Wildman–Crippen MR) is 123 cm³/mol. The summed E-state index contributed by atoms with van der Waals surface area (Å²) < 4.78 is 2.34. The van der Waals surface area contributed by atoms with Crippen molar-refractivity contribution >= 4 is 22.6 Å². The lowest BCUT2D eigenvalue weighted by molar-refractivity contribution is -0.133. The zero-order valence-corrected chi connectivity index (χ0v) is 18.3. The molecule has 30 heavy (non-hydrogen) atoms. The minimum atomic E-state index is 0.111. The van der Waals surface area contributed by atoms with Gasteiger partial charge in [0.15, 0.2) is 0 Å². The van der Waals surface area contributed by atoms with Gasteiger partial charge in [-0.25, -0.2) is 0 Å². The number of fused-ring (bicyclic) bond motifs is 1. The topological polar surface area (TPSA) is 75.1 Å². The molecule has 1 atom stereocenters. The smallest absolute Gasteiger partial charge is 0.223 e. The van der Waals surface area contributed by atoms with Crippen LogP contribution in [0.25, 0.3) is 10.9 Å². The Kier molecular flexibility index (Phi) is 6.45. The fraction of sp³-hybridized carbons (Fsp3) is 0.600. The molecule has 0 spiro atoms. The van der Waals surface area contributed by atoms with Crippen LogP contribution in [0, 0.1) is 11.3 Å². The van der Waals surface area contributed by atoms with E-state index >= 15 is 0 Å². The summed E-state index contributed by atoms with van der Waals surface area (Å²) in [6.07, 6.45) is 11.5. The summed E-state index contributed by atoms with van der Waals surface area (Å²) in [5, 5.41) is 8.93. The van der Waals surface area contributed by atoms with Crippen molar-refractivity contribution < 1.29 is 4.79 Å². The molecule has 1 amide bonds. The lowest BCUT2D eigenvalue weighted by atomic mass is 9.86. The number of carbonyl (C=O) groups is 1. The molecule has 0 radical (unpaired) electrons. The van der Waals surface area contributed by atoms with E-state index in [1.807, 2.05) is 12.1 Å². The first-order valence-electron chi connectivity index (χ1n) is 11.8. The van der Waals surface area contributed by atoms with E-state index in [4.69, 9.17) is 11.1 Å². The molecular formula is C25H36N4O. The highest BCUT2D eigenvalue weighted by molar-refractivity contribution is 5.98. The van der Waals surface area contributed by atoms with Gasteiger partial charge in [-0.15, -0.1) is 0 Å². The van der Waals surface area contributed by atoms with Gasteiger partial charge in [0, 0.05) is 42.3 Å². The molecule has 4 rings (SSSR count). The van der Waals surface area contributed by atoms with E-state index in [1.165, 1.54) is 43.2 Å². The van der Waals surface area contributed by atoms with Crippen molar-refractivity contribution in [3.8, 4) is 0 Å². The number of benzene rings is 1. The molecule has 2 aliphatic rings. The Morgan fingerprint density at radius 3 is 2.67 bits per heavy atom. The average Bonchev–Trinajstić information content (AvgIpc) is 3.36. The van der Waals surface area contributed by atoms with Crippen molar-refractivity contribution in [1.29, 1.82) is 5.41 Å². The van der Waals surface area contributed by atoms with E-state index in [-0.39, 0.29) is 5.84 Å². The molecule has 5 heteroatoms. The second-order valence-corrected chi connectivity index (χ2v) is 9.20. The van der Waals surface area contributed by atoms with Gasteiger partial charge in [0.25, 0.3) is 0 Å². The first-order chi connectivity index (χ1) is 14.6. The van der Waals surface area contributed by atoms with Crippen molar-refractivity contribution in [1.82, 2.24) is 9.47 Å². The molecule has 2 heterocycles. The molecule has 1 aromatic heterocycles. The summed E-state index contributed by atoms with van der Waals surface area (Å²) in [7, 11) is 0. The molecule has 1 aliphatic heterocycles. The van der Waals surface area contributed by atoms with Crippen molar-refractivity contribution in [2.75, 3.05) is 6.54 Å². The van der Waals surface area contributed by atoms with Gasteiger partial charge in [-0.1, -0.05) is 31.4 Å². The molecule has 1 saturated heterocycles. The van der Waals surface area contributed by atoms with E-state index in [0.29, 0.717) is 17.9 Å². The van der Waals surface area contributed by atoms with Crippen molar-refractivity contribution in [2.24, 2.45) is 11.7 Å². The van der Waals surface area contributed by atoms with Gasteiger partial charge < -0.3 is 15.2 Å². The first-order valence-corrected chi connectivity index (χ1v) is 11.8. The average molecular weight is 409 g/mol. The second kappa shape index (κ2) is 9.23. The number of amides is 1. The molecule has 1 aliphatic carbocycles. The van der Waals surface area contributed by atoms with Crippen molar-refractivity contribution in [2.45, 2.75) is 83.7 Å². The Morgan fingerprint density at radius 2 is 1.93 bits per heavy atom. The van der Waals surface area contributed by atoms with Crippen LogP contribution in [-0.4, -0.2) is 33.8 Å².